The maximum atomic E-state index is 14.0. The van der Waals surface area contributed by atoms with E-state index in [0.717, 1.165) is 43.9 Å². The van der Waals surface area contributed by atoms with Crippen LogP contribution in [0.3, 0.4) is 0 Å². The van der Waals surface area contributed by atoms with Crippen molar-refractivity contribution in [3.8, 4) is 0 Å². The van der Waals surface area contributed by atoms with Crippen molar-refractivity contribution in [2.24, 2.45) is 0 Å². The van der Waals surface area contributed by atoms with Crippen molar-refractivity contribution in [3.63, 3.8) is 0 Å². The molecule has 3 aromatic rings. The molecule has 0 aromatic heterocycles. The average Bonchev–Trinajstić information content (AvgIpc) is 2.82. The number of rotatable bonds is 7. The van der Waals surface area contributed by atoms with Gasteiger partial charge in [0.25, 0.3) is 0 Å². The predicted octanol–water partition coefficient (Wildman–Crippen LogP) is 3.90. The van der Waals surface area contributed by atoms with Gasteiger partial charge in [-0.15, -0.1) is 0 Å². The van der Waals surface area contributed by atoms with Crippen LogP contribution in [0.1, 0.15) is 17.0 Å². The van der Waals surface area contributed by atoms with Crippen LogP contribution in [0.5, 0.6) is 0 Å². The van der Waals surface area contributed by atoms with E-state index in [9.17, 15) is 9.18 Å². The molecule has 5 heteroatoms. The van der Waals surface area contributed by atoms with Crippen molar-refractivity contribution < 1.29 is 9.18 Å². The molecular weight excluding hydrogens is 389 g/mol. The Morgan fingerprint density at radius 3 is 1.94 bits per heavy atom. The van der Waals surface area contributed by atoms with Gasteiger partial charge in [0.05, 0.1) is 11.6 Å². The highest BCUT2D eigenvalue weighted by Crippen LogP contribution is 2.24. The van der Waals surface area contributed by atoms with Gasteiger partial charge in [-0.25, -0.2) is 4.39 Å². The molecule has 0 radical (unpaired) electrons. The zero-order chi connectivity index (χ0) is 21.5. The van der Waals surface area contributed by atoms with Gasteiger partial charge in [0.15, 0.2) is 0 Å². The number of piperazine rings is 1. The normalized spacial score (nSPS) is 14.6. The highest BCUT2D eigenvalue weighted by molar-refractivity contribution is 5.87. The first kappa shape index (κ1) is 21.1. The van der Waals surface area contributed by atoms with Gasteiger partial charge in [-0.1, -0.05) is 72.8 Å². The van der Waals surface area contributed by atoms with Crippen molar-refractivity contribution in [2.45, 2.75) is 5.92 Å². The van der Waals surface area contributed by atoms with Gasteiger partial charge < -0.3 is 10.2 Å². The number of nitrogens with zero attached hydrogens (tertiary/aromatic N) is 2. The monoisotopic (exact) mass is 417 g/mol. The Balaban J connectivity index is 1.31. The molecule has 0 atom stereocenters. The number of carbonyl (C=O) groups excluding carboxylic acids is 1. The molecule has 1 aliphatic rings. The second kappa shape index (κ2) is 10.2. The third kappa shape index (κ3) is 5.30. The van der Waals surface area contributed by atoms with Crippen molar-refractivity contribution in [1.82, 2.24) is 10.2 Å². The van der Waals surface area contributed by atoms with Gasteiger partial charge in [-0.3, -0.25) is 9.69 Å². The number of benzene rings is 3. The van der Waals surface area contributed by atoms with Gasteiger partial charge in [0.2, 0.25) is 5.91 Å². The summed E-state index contributed by atoms with van der Waals surface area (Å²) >= 11 is 0. The molecule has 1 saturated heterocycles. The van der Waals surface area contributed by atoms with Crippen LogP contribution in [0.2, 0.25) is 0 Å². The Hall–Kier alpha value is -3.18. The molecule has 4 rings (SSSR count). The van der Waals surface area contributed by atoms with Crippen LogP contribution in [0.15, 0.2) is 84.9 Å². The minimum atomic E-state index is -0.319. The highest BCUT2D eigenvalue weighted by Gasteiger charge is 2.23. The van der Waals surface area contributed by atoms with Crippen molar-refractivity contribution in [1.29, 1.82) is 0 Å². The zero-order valence-corrected chi connectivity index (χ0v) is 17.6. The maximum absolute atomic E-state index is 14.0. The first-order chi connectivity index (χ1) is 15.2. The Kier molecular flexibility index (Phi) is 6.95. The van der Waals surface area contributed by atoms with Crippen LogP contribution in [0.4, 0.5) is 10.1 Å². The number of halogens is 1. The Morgan fingerprint density at radius 1 is 0.806 bits per heavy atom. The van der Waals surface area contributed by atoms with Crippen LogP contribution >= 0.6 is 0 Å². The lowest BCUT2D eigenvalue weighted by atomic mass is 9.90. The third-order valence-corrected chi connectivity index (χ3v) is 5.82. The number of nitrogens with one attached hydrogen (secondary N) is 1. The van der Waals surface area contributed by atoms with Gasteiger partial charge in [-0.2, -0.15) is 0 Å². The summed E-state index contributed by atoms with van der Waals surface area (Å²) in [5, 5.41) is 3.12. The van der Waals surface area contributed by atoms with Crippen molar-refractivity contribution in [3.05, 3.63) is 102 Å². The van der Waals surface area contributed by atoms with E-state index in [1.807, 2.05) is 72.8 Å². The summed E-state index contributed by atoms with van der Waals surface area (Å²) in [5.41, 5.74) is 2.65. The molecule has 1 heterocycles. The lowest BCUT2D eigenvalue weighted by molar-refractivity contribution is -0.121. The molecule has 1 fully saturated rings. The summed E-state index contributed by atoms with van der Waals surface area (Å²) in [6.45, 7) is 4.65. The predicted molar refractivity (Wildman–Crippen MR) is 123 cm³/mol. The van der Waals surface area contributed by atoms with E-state index < -0.39 is 0 Å². The van der Waals surface area contributed by atoms with E-state index in [4.69, 9.17) is 0 Å². The summed E-state index contributed by atoms with van der Waals surface area (Å²) in [5.74, 6) is -0.473. The zero-order valence-electron chi connectivity index (χ0n) is 17.6. The average molecular weight is 418 g/mol. The van der Waals surface area contributed by atoms with Crippen LogP contribution in [0.25, 0.3) is 0 Å². The molecule has 1 N–H and O–H groups in total. The first-order valence-electron chi connectivity index (χ1n) is 10.8. The van der Waals surface area contributed by atoms with Gasteiger partial charge in [0, 0.05) is 39.3 Å². The Morgan fingerprint density at radius 2 is 1.35 bits per heavy atom. The van der Waals surface area contributed by atoms with E-state index in [2.05, 4.69) is 15.1 Å². The molecule has 3 aromatic carbocycles. The molecule has 1 amide bonds. The topological polar surface area (TPSA) is 35.6 Å². The smallest absolute Gasteiger partial charge is 0.232 e. The molecule has 1 aliphatic heterocycles. The fourth-order valence-corrected chi connectivity index (χ4v) is 4.15. The summed E-state index contributed by atoms with van der Waals surface area (Å²) < 4.78 is 14.0. The Bertz CT molecular complexity index is 933. The van der Waals surface area contributed by atoms with E-state index in [1.165, 1.54) is 6.07 Å². The highest BCUT2D eigenvalue weighted by atomic mass is 19.1. The standard InChI is InChI=1S/C26H28FN3O/c27-23-13-7-8-14-24(23)30-19-17-29(18-20-30)16-15-28-26(31)25(21-9-3-1-4-10-21)22-11-5-2-6-12-22/h1-14,25H,15-20H2,(H,28,31). The summed E-state index contributed by atoms with van der Waals surface area (Å²) in [4.78, 5) is 17.5. The number of anilines is 1. The van der Waals surface area contributed by atoms with Crippen molar-refractivity contribution in [2.75, 3.05) is 44.2 Å². The lowest BCUT2D eigenvalue weighted by Gasteiger charge is -2.36. The van der Waals surface area contributed by atoms with Gasteiger partial charge in [-0.05, 0) is 23.3 Å². The molecule has 4 nitrogen and oxygen atoms in total. The Labute approximate surface area is 183 Å². The van der Waals surface area contributed by atoms with Crippen LogP contribution in [-0.2, 0) is 4.79 Å². The minimum absolute atomic E-state index is 0.0161. The molecule has 160 valence electrons. The molecule has 0 aliphatic carbocycles. The van der Waals surface area contributed by atoms with Crippen LogP contribution < -0.4 is 10.2 Å². The van der Waals surface area contributed by atoms with E-state index in [0.29, 0.717) is 12.2 Å². The molecule has 0 bridgehead atoms. The molecule has 0 spiro atoms. The number of hydrogen-bond donors (Lipinski definition) is 1. The minimum Gasteiger partial charge on any atom is -0.367 e. The molecule has 31 heavy (non-hydrogen) atoms. The second-order valence-electron chi connectivity index (χ2n) is 7.83. The van der Waals surface area contributed by atoms with E-state index >= 15 is 0 Å². The maximum Gasteiger partial charge on any atom is 0.232 e. The number of carbonyl (C=O) groups is 1. The molecular formula is C26H28FN3O. The van der Waals surface area contributed by atoms with Gasteiger partial charge >= 0.3 is 0 Å². The first-order valence-corrected chi connectivity index (χ1v) is 10.8. The fourth-order valence-electron chi connectivity index (χ4n) is 4.15. The number of para-hydroxylation sites is 1. The van der Waals surface area contributed by atoms with E-state index in [-0.39, 0.29) is 17.6 Å². The second-order valence-corrected chi connectivity index (χ2v) is 7.83. The van der Waals surface area contributed by atoms with Crippen LogP contribution in [-0.4, -0.2) is 50.1 Å². The van der Waals surface area contributed by atoms with Gasteiger partial charge in [0.1, 0.15) is 5.82 Å². The van der Waals surface area contributed by atoms with Crippen LogP contribution in [0, 0.1) is 5.82 Å². The molecule has 0 saturated carbocycles. The van der Waals surface area contributed by atoms with Crippen molar-refractivity contribution >= 4 is 11.6 Å². The third-order valence-electron chi connectivity index (χ3n) is 5.82. The lowest BCUT2D eigenvalue weighted by Crippen LogP contribution is -2.49. The quantitative estimate of drug-likeness (QED) is 0.633. The summed E-state index contributed by atoms with van der Waals surface area (Å²) in [6, 6.07) is 26.7. The summed E-state index contributed by atoms with van der Waals surface area (Å²) in [6.07, 6.45) is 0. The SMILES string of the molecule is O=C(NCCN1CCN(c2ccccc2F)CC1)C(c1ccccc1)c1ccccc1. The largest absolute Gasteiger partial charge is 0.367 e. The number of hydrogen-bond acceptors (Lipinski definition) is 3. The molecule has 0 unspecified atom stereocenters. The van der Waals surface area contributed by atoms with E-state index in [1.54, 1.807) is 6.07 Å². The fraction of sp³-hybridized carbons (Fsp3) is 0.269. The summed E-state index contributed by atoms with van der Waals surface area (Å²) in [7, 11) is 0. The number of amides is 1.